The highest BCUT2D eigenvalue weighted by Gasteiger charge is 2.24. The maximum Gasteiger partial charge on any atom is 0.273 e. The molecule has 1 aromatic carbocycles. The Kier molecular flexibility index (Phi) is 7.95. The van der Waals surface area contributed by atoms with Crippen molar-refractivity contribution in [2.75, 3.05) is 0 Å². The second-order valence-corrected chi connectivity index (χ2v) is 9.21. The molecule has 0 aliphatic heterocycles. The smallest absolute Gasteiger partial charge is 0.273 e. The molecule has 2 N–H and O–H groups in total. The van der Waals surface area contributed by atoms with Gasteiger partial charge in [0.2, 0.25) is 5.91 Å². The summed E-state index contributed by atoms with van der Waals surface area (Å²) >= 11 is 1.48. The maximum atomic E-state index is 12.6. The van der Waals surface area contributed by atoms with E-state index in [0.717, 1.165) is 10.4 Å². The predicted octanol–water partition coefficient (Wildman–Crippen LogP) is 4.37. The molecule has 0 radical (unpaired) electrons. The minimum Gasteiger partial charge on any atom is -0.455 e. The van der Waals surface area contributed by atoms with Crippen molar-refractivity contribution in [3.05, 3.63) is 73.7 Å². The van der Waals surface area contributed by atoms with Crippen molar-refractivity contribution in [1.82, 2.24) is 10.7 Å². The van der Waals surface area contributed by atoms with Crippen molar-refractivity contribution in [3.63, 3.8) is 0 Å². The molecular formula is C24H26N4O5S. The van der Waals surface area contributed by atoms with Crippen LogP contribution in [0.5, 0.6) is 0 Å². The molecular weight excluding hydrogens is 456 g/mol. The summed E-state index contributed by atoms with van der Waals surface area (Å²) in [6, 6.07) is 9.61. The van der Waals surface area contributed by atoms with Gasteiger partial charge in [0.1, 0.15) is 17.6 Å². The average molecular weight is 483 g/mol. The molecule has 0 fully saturated rings. The van der Waals surface area contributed by atoms with E-state index >= 15 is 0 Å². The molecule has 178 valence electrons. The molecule has 2 aromatic heterocycles. The molecule has 3 aromatic rings. The summed E-state index contributed by atoms with van der Waals surface area (Å²) in [7, 11) is 0. The van der Waals surface area contributed by atoms with Gasteiger partial charge >= 0.3 is 0 Å². The SMILES string of the molecule is Cc1cc(-c2ccc(/C=N\NC(=O)C(NC(=O)Cc3cccs3)C(C)C)o2)cc([N+](=O)[O-])c1C. The summed E-state index contributed by atoms with van der Waals surface area (Å²) in [6.45, 7) is 7.17. The zero-order valence-corrected chi connectivity index (χ0v) is 20.1. The molecule has 9 nitrogen and oxygen atoms in total. The van der Waals surface area contributed by atoms with Gasteiger partial charge < -0.3 is 9.73 Å². The maximum absolute atomic E-state index is 12.6. The molecule has 0 aliphatic rings. The number of nitrogens with zero attached hydrogens (tertiary/aromatic N) is 2. The lowest BCUT2D eigenvalue weighted by Crippen LogP contribution is -2.49. The zero-order chi connectivity index (χ0) is 24.8. The van der Waals surface area contributed by atoms with Gasteiger partial charge in [-0.05, 0) is 55.0 Å². The van der Waals surface area contributed by atoms with Crippen LogP contribution in [0.25, 0.3) is 11.3 Å². The summed E-state index contributed by atoms with van der Waals surface area (Å²) in [5, 5.41) is 19.9. The van der Waals surface area contributed by atoms with Crippen LogP contribution < -0.4 is 10.7 Å². The van der Waals surface area contributed by atoms with E-state index in [9.17, 15) is 19.7 Å². The third kappa shape index (κ3) is 6.16. The minimum absolute atomic E-state index is 0.0229. The highest BCUT2D eigenvalue weighted by molar-refractivity contribution is 7.10. The number of carbonyl (C=O) groups excluding carboxylic acids is 2. The Morgan fingerprint density at radius 1 is 1.24 bits per heavy atom. The van der Waals surface area contributed by atoms with Gasteiger partial charge in [-0.2, -0.15) is 5.10 Å². The van der Waals surface area contributed by atoms with Crippen molar-refractivity contribution >= 4 is 35.1 Å². The molecule has 0 saturated heterocycles. The van der Waals surface area contributed by atoms with Crippen LogP contribution >= 0.6 is 11.3 Å². The lowest BCUT2D eigenvalue weighted by atomic mass is 10.0. The van der Waals surface area contributed by atoms with Crippen LogP contribution in [0, 0.1) is 29.9 Å². The topological polar surface area (TPSA) is 127 Å². The van der Waals surface area contributed by atoms with Crippen LogP contribution in [0.2, 0.25) is 0 Å². The first kappa shape index (κ1) is 24.8. The number of amides is 2. The Hall–Kier alpha value is -3.79. The molecule has 2 heterocycles. The van der Waals surface area contributed by atoms with Crippen LogP contribution in [-0.4, -0.2) is 29.0 Å². The molecule has 0 aliphatic carbocycles. The van der Waals surface area contributed by atoms with E-state index < -0.39 is 16.9 Å². The van der Waals surface area contributed by atoms with E-state index in [1.807, 2.05) is 37.4 Å². The number of thiophene rings is 1. The van der Waals surface area contributed by atoms with Gasteiger partial charge in [-0.25, -0.2) is 5.43 Å². The second-order valence-electron chi connectivity index (χ2n) is 8.18. The molecule has 34 heavy (non-hydrogen) atoms. The number of nitro groups is 1. The van der Waals surface area contributed by atoms with Gasteiger partial charge in [0, 0.05) is 22.1 Å². The third-order valence-corrected chi connectivity index (χ3v) is 6.17. The highest BCUT2D eigenvalue weighted by Crippen LogP contribution is 2.30. The van der Waals surface area contributed by atoms with E-state index in [1.165, 1.54) is 23.6 Å². The number of hydrogen-bond donors (Lipinski definition) is 2. The van der Waals surface area contributed by atoms with Crippen molar-refractivity contribution in [1.29, 1.82) is 0 Å². The largest absolute Gasteiger partial charge is 0.455 e. The number of nitro benzene ring substituents is 1. The van der Waals surface area contributed by atoms with E-state index in [1.54, 1.807) is 26.0 Å². The fourth-order valence-corrected chi connectivity index (χ4v) is 4.01. The first-order valence-electron chi connectivity index (χ1n) is 10.7. The normalized spacial score (nSPS) is 12.1. The van der Waals surface area contributed by atoms with Crippen molar-refractivity contribution in [2.24, 2.45) is 11.0 Å². The predicted molar refractivity (Wildman–Crippen MR) is 131 cm³/mol. The lowest BCUT2D eigenvalue weighted by molar-refractivity contribution is -0.385. The molecule has 0 spiro atoms. The van der Waals surface area contributed by atoms with Crippen LogP contribution in [0.1, 0.15) is 35.6 Å². The van der Waals surface area contributed by atoms with E-state index in [0.29, 0.717) is 22.6 Å². The number of furan rings is 1. The fourth-order valence-electron chi connectivity index (χ4n) is 3.31. The molecule has 1 atom stereocenters. The second kappa shape index (κ2) is 10.9. The summed E-state index contributed by atoms with van der Waals surface area (Å²) < 4.78 is 5.72. The van der Waals surface area contributed by atoms with Crippen LogP contribution in [-0.2, 0) is 16.0 Å². The summed E-state index contributed by atoms with van der Waals surface area (Å²) in [4.78, 5) is 36.7. The fraction of sp³-hybridized carbons (Fsp3) is 0.292. The average Bonchev–Trinajstić information content (AvgIpc) is 3.45. The van der Waals surface area contributed by atoms with Gasteiger partial charge in [-0.3, -0.25) is 19.7 Å². The quantitative estimate of drug-likeness (QED) is 0.266. The minimum atomic E-state index is -0.743. The summed E-state index contributed by atoms with van der Waals surface area (Å²) in [5.74, 6) is -0.0158. The Morgan fingerprint density at radius 3 is 2.65 bits per heavy atom. The van der Waals surface area contributed by atoms with E-state index in [-0.39, 0.29) is 23.9 Å². The standard InChI is InChI=1S/C24H26N4O5S/c1-14(2)23(26-22(29)12-19-6-5-9-34-19)24(30)27-25-13-18-7-8-21(33-18)17-10-15(3)16(4)20(11-17)28(31)32/h5-11,13-14,23H,12H2,1-4H3,(H,26,29)(H,27,30)/b25-13-. The van der Waals surface area contributed by atoms with Crippen molar-refractivity contribution in [2.45, 2.75) is 40.2 Å². The number of benzene rings is 1. The number of rotatable bonds is 9. The van der Waals surface area contributed by atoms with Gasteiger partial charge in [-0.15, -0.1) is 11.3 Å². The molecule has 0 saturated carbocycles. The lowest BCUT2D eigenvalue weighted by Gasteiger charge is -2.20. The summed E-state index contributed by atoms with van der Waals surface area (Å²) in [6.07, 6.45) is 1.55. The highest BCUT2D eigenvalue weighted by atomic mass is 32.1. The van der Waals surface area contributed by atoms with E-state index in [2.05, 4.69) is 15.8 Å². The Labute approximate surface area is 201 Å². The van der Waals surface area contributed by atoms with Crippen molar-refractivity contribution < 1.29 is 18.9 Å². The van der Waals surface area contributed by atoms with Crippen molar-refractivity contribution in [3.8, 4) is 11.3 Å². The first-order valence-corrected chi connectivity index (χ1v) is 11.5. The third-order valence-electron chi connectivity index (χ3n) is 5.29. The zero-order valence-electron chi connectivity index (χ0n) is 19.3. The number of hydrogen-bond acceptors (Lipinski definition) is 7. The van der Waals surface area contributed by atoms with Crippen LogP contribution in [0.3, 0.4) is 0 Å². The Bertz CT molecular complexity index is 1210. The van der Waals surface area contributed by atoms with Crippen LogP contribution in [0.4, 0.5) is 5.69 Å². The number of nitrogens with one attached hydrogen (secondary N) is 2. The summed E-state index contributed by atoms with van der Waals surface area (Å²) in [5.41, 5.74) is 4.42. The molecule has 3 rings (SSSR count). The number of carbonyl (C=O) groups is 2. The van der Waals surface area contributed by atoms with Gasteiger partial charge in [0.25, 0.3) is 11.6 Å². The molecule has 1 unspecified atom stereocenters. The monoisotopic (exact) mass is 482 g/mol. The molecule has 0 bridgehead atoms. The number of aryl methyl sites for hydroxylation is 1. The Morgan fingerprint density at radius 2 is 2.00 bits per heavy atom. The van der Waals surface area contributed by atoms with Gasteiger partial charge in [0.05, 0.1) is 17.6 Å². The Balaban J connectivity index is 1.64. The van der Waals surface area contributed by atoms with Gasteiger partial charge in [-0.1, -0.05) is 19.9 Å². The first-order chi connectivity index (χ1) is 16.2. The number of hydrazone groups is 1. The molecule has 2 amide bonds. The van der Waals surface area contributed by atoms with Crippen LogP contribution in [0.15, 0.2) is 51.3 Å². The van der Waals surface area contributed by atoms with E-state index in [4.69, 9.17) is 4.42 Å². The van der Waals surface area contributed by atoms with Gasteiger partial charge in [0.15, 0.2) is 0 Å². The molecule has 10 heteroatoms.